The average Bonchev–Trinajstić information content (AvgIpc) is 2.52. The molecular weight excluding hydrogens is 312 g/mol. The molecule has 0 aliphatic rings. The molecule has 1 heterocycles. The maximum absolute atomic E-state index is 13.3. The van der Waals surface area contributed by atoms with E-state index >= 15 is 0 Å². The third kappa shape index (κ3) is 2.69. The molecule has 0 fully saturated rings. The molecule has 23 heavy (non-hydrogen) atoms. The molecule has 1 aromatic heterocycles. The van der Waals surface area contributed by atoms with Gasteiger partial charge in [-0.05, 0) is 18.2 Å². The van der Waals surface area contributed by atoms with E-state index in [1.54, 1.807) is 0 Å². The van der Waals surface area contributed by atoms with Crippen molar-refractivity contribution < 1.29 is 22.3 Å². The number of ether oxygens (including phenoxy) is 1. The second kappa shape index (κ2) is 5.49. The Kier molecular flexibility index (Phi) is 3.63. The third-order valence-electron chi connectivity index (χ3n) is 3.39. The first kappa shape index (κ1) is 15.2. The predicted molar refractivity (Wildman–Crippen MR) is 76.5 cm³/mol. The third-order valence-corrected chi connectivity index (χ3v) is 3.39. The second-order valence-electron chi connectivity index (χ2n) is 4.77. The van der Waals surface area contributed by atoms with Gasteiger partial charge >= 0.3 is 6.18 Å². The van der Waals surface area contributed by atoms with Crippen LogP contribution in [0.4, 0.5) is 17.6 Å². The number of methoxy groups -OCH3 is 1. The first-order valence-electron chi connectivity index (χ1n) is 6.56. The standard InChI is InChI=1S/C16H10F4N2O/c1-23-13-7-9(17)5-6-10(13)14-11-3-2-4-12(16(18,19)20)15(11)22-8-21-14/h2-8H,1H3. The molecule has 0 radical (unpaired) electrons. The molecule has 0 spiro atoms. The highest BCUT2D eigenvalue weighted by molar-refractivity contribution is 5.95. The molecular formula is C16H10F4N2O. The van der Waals surface area contributed by atoms with Crippen LogP contribution < -0.4 is 4.74 Å². The van der Waals surface area contributed by atoms with E-state index in [4.69, 9.17) is 4.74 Å². The van der Waals surface area contributed by atoms with Gasteiger partial charge < -0.3 is 4.74 Å². The zero-order valence-electron chi connectivity index (χ0n) is 11.9. The minimum Gasteiger partial charge on any atom is -0.496 e. The van der Waals surface area contributed by atoms with Crippen LogP contribution >= 0.6 is 0 Å². The normalized spacial score (nSPS) is 11.7. The van der Waals surface area contributed by atoms with Gasteiger partial charge in [0.2, 0.25) is 0 Å². The summed E-state index contributed by atoms with van der Waals surface area (Å²) in [6, 6.07) is 7.49. The fourth-order valence-electron chi connectivity index (χ4n) is 2.39. The van der Waals surface area contributed by atoms with Crippen molar-refractivity contribution in [1.29, 1.82) is 0 Å². The molecule has 3 nitrogen and oxygen atoms in total. The zero-order chi connectivity index (χ0) is 16.6. The van der Waals surface area contributed by atoms with Crippen LogP contribution in [-0.4, -0.2) is 17.1 Å². The molecule has 0 N–H and O–H groups in total. The quantitative estimate of drug-likeness (QED) is 0.653. The summed E-state index contributed by atoms with van der Waals surface area (Å²) >= 11 is 0. The van der Waals surface area contributed by atoms with Gasteiger partial charge in [0.1, 0.15) is 17.9 Å². The Balaban J connectivity index is 2.32. The predicted octanol–water partition coefficient (Wildman–Crippen LogP) is 4.46. The van der Waals surface area contributed by atoms with Crippen molar-refractivity contribution in [3.8, 4) is 17.0 Å². The van der Waals surface area contributed by atoms with Gasteiger partial charge in [-0.1, -0.05) is 12.1 Å². The smallest absolute Gasteiger partial charge is 0.418 e. The molecule has 0 aliphatic carbocycles. The summed E-state index contributed by atoms with van der Waals surface area (Å²) in [5, 5.41) is 0.215. The van der Waals surface area contributed by atoms with Crippen LogP contribution in [0.1, 0.15) is 5.56 Å². The van der Waals surface area contributed by atoms with E-state index < -0.39 is 17.6 Å². The zero-order valence-corrected chi connectivity index (χ0v) is 11.9. The second-order valence-corrected chi connectivity index (χ2v) is 4.77. The van der Waals surface area contributed by atoms with E-state index in [2.05, 4.69) is 9.97 Å². The van der Waals surface area contributed by atoms with Crippen LogP contribution in [0.25, 0.3) is 22.2 Å². The lowest BCUT2D eigenvalue weighted by atomic mass is 10.0. The molecule has 3 aromatic rings. The van der Waals surface area contributed by atoms with Crippen molar-refractivity contribution in [2.45, 2.75) is 6.18 Å². The van der Waals surface area contributed by atoms with E-state index in [0.29, 0.717) is 5.56 Å². The van der Waals surface area contributed by atoms with E-state index in [1.807, 2.05) is 0 Å². The van der Waals surface area contributed by atoms with Crippen LogP contribution in [0.5, 0.6) is 5.75 Å². The minimum atomic E-state index is -4.53. The lowest BCUT2D eigenvalue weighted by molar-refractivity contribution is -0.136. The van der Waals surface area contributed by atoms with Crippen LogP contribution in [0.3, 0.4) is 0 Å². The summed E-state index contributed by atoms with van der Waals surface area (Å²) in [5.74, 6) is -0.331. The fourth-order valence-corrected chi connectivity index (χ4v) is 2.39. The van der Waals surface area contributed by atoms with E-state index in [-0.39, 0.29) is 22.3 Å². The maximum atomic E-state index is 13.3. The lowest BCUT2D eigenvalue weighted by Gasteiger charge is -2.13. The van der Waals surface area contributed by atoms with Gasteiger partial charge in [0.25, 0.3) is 0 Å². The van der Waals surface area contributed by atoms with Gasteiger partial charge in [0.15, 0.2) is 0 Å². The SMILES string of the molecule is COc1cc(F)ccc1-c1ncnc2c(C(F)(F)F)cccc12. The number of fused-ring (bicyclic) bond motifs is 1. The molecule has 0 bridgehead atoms. The molecule has 0 saturated heterocycles. The Morgan fingerprint density at radius 3 is 2.52 bits per heavy atom. The number of halogens is 4. The van der Waals surface area contributed by atoms with Crippen molar-refractivity contribution >= 4 is 10.9 Å². The maximum Gasteiger partial charge on any atom is 0.418 e. The Labute approximate surface area is 128 Å². The first-order valence-corrected chi connectivity index (χ1v) is 6.56. The highest BCUT2D eigenvalue weighted by Crippen LogP contribution is 2.38. The monoisotopic (exact) mass is 322 g/mol. The summed E-state index contributed by atoms with van der Waals surface area (Å²) < 4.78 is 57.8. The van der Waals surface area contributed by atoms with Gasteiger partial charge in [0, 0.05) is 17.0 Å². The molecule has 3 rings (SSSR count). The summed E-state index contributed by atoms with van der Waals surface area (Å²) in [6.07, 6.45) is -3.48. The molecule has 2 aromatic carbocycles. The summed E-state index contributed by atoms with van der Waals surface area (Å²) in [5.41, 5.74) is -0.422. The van der Waals surface area contributed by atoms with Gasteiger partial charge in [-0.15, -0.1) is 0 Å². The Morgan fingerprint density at radius 1 is 1.04 bits per heavy atom. The number of hydrogen-bond donors (Lipinski definition) is 0. The van der Waals surface area contributed by atoms with Crippen molar-refractivity contribution in [3.63, 3.8) is 0 Å². The molecule has 118 valence electrons. The van der Waals surface area contributed by atoms with E-state index in [0.717, 1.165) is 18.5 Å². The van der Waals surface area contributed by atoms with Gasteiger partial charge in [-0.25, -0.2) is 14.4 Å². The number of benzene rings is 2. The number of para-hydroxylation sites is 1. The van der Waals surface area contributed by atoms with Crippen LogP contribution in [0, 0.1) is 5.82 Å². The molecule has 0 unspecified atom stereocenters. The molecule has 0 amide bonds. The van der Waals surface area contributed by atoms with E-state index in [9.17, 15) is 17.6 Å². The van der Waals surface area contributed by atoms with Crippen LogP contribution in [0.15, 0.2) is 42.7 Å². The van der Waals surface area contributed by atoms with Gasteiger partial charge in [-0.2, -0.15) is 13.2 Å². The Hall–Kier alpha value is -2.70. The molecule has 0 atom stereocenters. The molecule has 0 aliphatic heterocycles. The van der Waals surface area contributed by atoms with Crippen molar-refractivity contribution in [2.75, 3.05) is 7.11 Å². The van der Waals surface area contributed by atoms with Crippen molar-refractivity contribution in [3.05, 3.63) is 54.1 Å². The highest BCUT2D eigenvalue weighted by Gasteiger charge is 2.33. The highest BCUT2D eigenvalue weighted by atomic mass is 19.4. The minimum absolute atomic E-state index is 0.183. The van der Waals surface area contributed by atoms with Crippen LogP contribution in [-0.2, 0) is 6.18 Å². The summed E-state index contributed by atoms with van der Waals surface area (Å²) in [4.78, 5) is 7.82. The van der Waals surface area contributed by atoms with E-state index in [1.165, 1.54) is 31.4 Å². The van der Waals surface area contributed by atoms with Crippen molar-refractivity contribution in [2.24, 2.45) is 0 Å². The largest absolute Gasteiger partial charge is 0.496 e. The molecule has 0 saturated carbocycles. The topological polar surface area (TPSA) is 35.0 Å². The van der Waals surface area contributed by atoms with Gasteiger partial charge in [0.05, 0.1) is 23.9 Å². The van der Waals surface area contributed by atoms with Crippen LogP contribution in [0.2, 0.25) is 0 Å². The fraction of sp³-hybridized carbons (Fsp3) is 0.125. The average molecular weight is 322 g/mol. The summed E-state index contributed by atoms with van der Waals surface area (Å²) in [6.45, 7) is 0. The molecule has 7 heteroatoms. The number of alkyl halides is 3. The number of hydrogen-bond acceptors (Lipinski definition) is 3. The Bertz CT molecular complexity index is 878. The number of aromatic nitrogens is 2. The van der Waals surface area contributed by atoms with Gasteiger partial charge in [-0.3, -0.25) is 0 Å². The Morgan fingerprint density at radius 2 is 1.83 bits per heavy atom. The summed E-state index contributed by atoms with van der Waals surface area (Å²) in [7, 11) is 1.35. The lowest BCUT2D eigenvalue weighted by Crippen LogP contribution is -2.07. The van der Waals surface area contributed by atoms with Crippen molar-refractivity contribution in [1.82, 2.24) is 9.97 Å². The number of nitrogens with zero attached hydrogens (tertiary/aromatic N) is 2. The number of rotatable bonds is 2. The first-order chi connectivity index (χ1) is 10.9.